The van der Waals surface area contributed by atoms with Crippen LogP contribution in [0.5, 0.6) is 5.88 Å². The monoisotopic (exact) mass is 221 g/mol. The molecule has 0 atom stereocenters. The third kappa shape index (κ3) is 3.12. The molecule has 1 aliphatic rings. The van der Waals surface area contributed by atoms with Gasteiger partial charge in [0.25, 0.3) is 0 Å². The van der Waals surface area contributed by atoms with E-state index in [0.29, 0.717) is 17.5 Å². The van der Waals surface area contributed by atoms with Gasteiger partial charge in [-0.05, 0) is 24.8 Å². The summed E-state index contributed by atoms with van der Waals surface area (Å²) in [5.74, 6) is 1.21. The average molecular weight is 221 g/mol. The normalized spacial score (nSPS) is 14.3. The van der Waals surface area contributed by atoms with Crippen LogP contribution < -0.4 is 15.4 Å². The Morgan fingerprint density at radius 2 is 2.38 bits per heavy atom. The van der Waals surface area contributed by atoms with Gasteiger partial charge in [-0.3, -0.25) is 0 Å². The van der Waals surface area contributed by atoms with E-state index in [1.807, 2.05) is 0 Å². The van der Waals surface area contributed by atoms with Crippen LogP contribution in [0.2, 0.25) is 0 Å². The number of urea groups is 1. The number of anilines is 1. The SMILES string of the molecule is COc1ccc(NC(=O)NCC2CC2)cn1. The number of ether oxygens (including phenoxy) is 1. The summed E-state index contributed by atoms with van der Waals surface area (Å²) in [5.41, 5.74) is 0.661. The minimum Gasteiger partial charge on any atom is -0.481 e. The van der Waals surface area contributed by atoms with Crippen molar-refractivity contribution < 1.29 is 9.53 Å². The Kier molecular flexibility index (Phi) is 3.24. The van der Waals surface area contributed by atoms with E-state index in [4.69, 9.17) is 4.74 Å². The number of hydrogen-bond donors (Lipinski definition) is 2. The van der Waals surface area contributed by atoms with E-state index in [0.717, 1.165) is 6.54 Å². The first-order valence-electron chi connectivity index (χ1n) is 5.33. The molecule has 1 aromatic rings. The summed E-state index contributed by atoms with van der Waals surface area (Å²) in [6.45, 7) is 0.759. The van der Waals surface area contributed by atoms with Crippen molar-refractivity contribution in [1.29, 1.82) is 0 Å². The molecule has 2 N–H and O–H groups in total. The number of methoxy groups -OCH3 is 1. The molecule has 1 fully saturated rings. The fraction of sp³-hybridized carbons (Fsp3) is 0.455. The number of nitrogens with one attached hydrogen (secondary N) is 2. The van der Waals surface area contributed by atoms with Crippen molar-refractivity contribution in [1.82, 2.24) is 10.3 Å². The third-order valence-corrected chi connectivity index (χ3v) is 2.45. The highest BCUT2D eigenvalue weighted by Gasteiger charge is 2.21. The molecule has 0 bridgehead atoms. The van der Waals surface area contributed by atoms with Gasteiger partial charge in [-0.25, -0.2) is 9.78 Å². The first-order valence-corrected chi connectivity index (χ1v) is 5.33. The van der Waals surface area contributed by atoms with Crippen molar-refractivity contribution >= 4 is 11.7 Å². The van der Waals surface area contributed by atoms with Crippen LogP contribution in [0.1, 0.15) is 12.8 Å². The molecule has 1 aliphatic carbocycles. The quantitative estimate of drug-likeness (QED) is 0.812. The maximum absolute atomic E-state index is 11.4. The molecule has 0 saturated heterocycles. The van der Waals surface area contributed by atoms with E-state index in [2.05, 4.69) is 15.6 Å². The van der Waals surface area contributed by atoms with Crippen LogP contribution in [0.25, 0.3) is 0 Å². The molecule has 1 heterocycles. The zero-order chi connectivity index (χ0) is 11.4. The molecule has 5 heteroatoms. The lowest BCUT2D eigenvalue weighted by atomic mass is 10.4. The molecular formula is C11H15N3O2. The van der Waals surface area contributed by atoms with Gasteiger partial charge in [0.2, 0.25) is 5.88 Å². The van der Waals surface area contributed by atoms with E-state index in [-0.39, 0.29) is 6.03 Å². The van der Waals surface area contributed by atoms with E-state index in [1.165, 1.54) is 12.8 Å². The summed E-state index contributed by atoms with van der Waals surface area (Å²) in [7, 11) is 1.55. The highest BCUT2D eigenvalue weighted by molar-refractivity contribution is 5.89. The minimum atomic E-state index is -0.182. The minimum absolute atomic E-state index is 0.182. The molecular weight excluding hydrogens is 206 g/mol. The predicted molar refractivity (Wildman–Crippen MR) is 60.5 cm³/mol. The third-order valence-electron chi connectivity index (χ3n) is 2.45. The number of rotatable bonds is 4. The molecule has 0 radical (unpaired) electrons. The van der Waals surface area contributed by atoms with Crippen molar-refractivity contribution in [3.8, 4) is 5.88 Å². The lowest BCUT2D eigenvalue weighted by Gasteiger charge is -2.06. The van der Waals surface area contributed by atoms with Gasteiger partial charge in [-0.2, -0.15) is 0 Å². The molecule has 2 rings (SSSR count). The smallest absolute Gasteiger partial charge is 0.319 e. The van der Waals surface area contributed by atoms with Gasteiger partial charge in [-0.1, -0.05) is 0 Å². The molecule has 16 heavy (non-hydrogen) atoms. The topological polar surface area (TPSA) is 63.2 Å². The fourth-order valence-electron chi connectivity index (χ4n) is 1.31. The summed E-state index contributed by atoms with van der Waals surface area (Å²) in [5, 5.41) is 5.52. The molecule has 0 aliphatic heterocycles. The van der Waals surface area contributed by atoms with Crippen LogP contribution in [0.15, 0.2) is 18.3 Å². The number of carbonyl (C=O) groups is 1. The maximum Gasteiger partial charge on any atom is 0.319 e. The highest BCUT2D eigenvalue weighted by atomic mass is 16.5. The van der Waals surface area contributed by atoms with Crippen molar-refractivity contribution in [2.45, 2.75) is 12.8 Å². The Balaban J connectivity index is 1.79. The Labute approximate surface area is 94.2 Å². The molecule has 1 saturated carbocycles. The van der Waals surface area contributed by atoms with Crippen LogP contribution >= 0.6 is 0 Å². The van der Waals surface area contributed by atoms with Gasteiger partial charge in [-0.15, -0.1) is 0 Å². The van der Waals surface area contributed by atoms with Gasteiger partial charge >= 0.3 is 6.03 Å². The largest absolute Gasteiger partial charge is 0.481 e. The van der Waals surface area contributed by atoms with Crippen molar-refractivity contribution in [3.05, 3.63) is 18.3 Å². The number of carbonyl (C=O) groups excluding carboxylic acids is 1. The Bertz CT molecular complexity index is 360. The number of pyridine rings is 1. The van der Waals surface area contributed by atoms with Gasteiger partial charge in [0.15, 0.2) is 0 Å². The van der Waals surface area contributed by atoms with E-state index >= 15 is 0 Å². The summed E-state index contributed by atoms with van der Waals surface area (Å²) in [6, 6.07) is 3.28. The average Bonchev–Trinajstić information content (AvgIpc) is 3.11. The fourth-order valence-corrected chi connectivity index (χ4v) is 1.31. The number of amides is 2. The molecule has 0 spiro atoms. The van der Waals surface area contributed by atoms with Crippen LogP contribution in [-0.4, -0.2) is 24.7 Å². The Morgan fingerprint density at radius 1 is 1.56 bits per heavy atom. The molecule has 0 unspecified atom stereocenters. The van der Waals surface area contributed by atoms with Gasteiger partial charge in [0.05, 0.1) is 19.0 Å². The summed E-state index contributed by atoms with van der Waals surface area (Å²) in [4.78, 5) is 15.4. The van der Waals surface area contributed by atoms with Crippen LogP contribution in [0, 0.1) is 5.92 Å². The summed E-state index contributed by atoms with van der Waals surface area (Å²) in [6.07, 6.45) is 4.02. The van der Waals surface area contributed by atoms with Crippen molar-refractivity contribution in [2.24, 2.45) is 5.92 Å². The van der Waals surface area contributed by atoms with Crippen LogP contribution in [0.3, 0.4) is 0 Å². The molecule has 2 amide bonds. The second-order valence-electron chi connectivity index (χ2n) is 3.87. The number of aromatic nitrogens is 1. The Hall–Kier alpha value is -1.78. The van der Waals surface area contributed by atoms with E-state index < -0.39 is 0 Å². The van der Waals surface area contributed by atoms with E-state index in [1.54, 1.807) is 25.4 Å². The van der Waals surface area contributed by atoms with Crippen molar-refractivity contribution in [2.75, 3.05) is 19.0 Å². The zero-order valence-corrected chi connectivity index (χ0v) is 9.19. The molecule has 1 aromatic heterocycles. The summed E-state index contributed by atoms with van der Waals surface area (Å²) >= 11 is 0. The number of nitrogens with zero attached hydrogens (tertiary/aromatic N) is 1. The van der Waals surface area contributed by atoms with E-state index in [9.17, 15) is 4.79 Å². The maximum atomic E-state index is 11.4. The van der Waals surface area contributed by atoms with Gasteiger partial charge < -0.3 is 15.4 Å². The van der Waals surface area contributed by atoms with Gasteiger partial charge in [0.1, 0.15) is 0 Å². The van der Waals surface area contributed by atoms with Gasteiger partial charge in [0, 0.05) is 12.6 Å². The highest BCUT2D eigenvalue weighted by Crippen LogP contribution is 2.27. The first kappa shape index (κ1) is 10.7. The molecule has 86 valence electrons. The first-order chi connectivity index (χ1) is 7.78. The standard InChI is InChI=1S/C11H15N3O2/c1-16-10-5-4-9(7-12-10)14-11(15)13-6-8-2-3-8/h4-5,7-8H,2-3,6H2,1H3,(H2,13,14,15). The van der Waals surface area contributed by atoms with Crippen LogP contribution in [0.4, 0.5) is 10.5 Å². The Morgan fingerprint density at radius 3 is 2.94 bits per heavy atom. The predicted octanol–water partition coefficient (Wildman–Crippen LogP) is 1.62. The second kappa shape index (κ2) is 4.83. The lowest BCUT2D eigenvalue weighted by Crippen LogP contribution is -2.30. The van der Waals surface area contributed by atoms with Crippen LogP contribution in [-0.2, 0) is 0 Å². The van der Waals surface area contributed by atoms with Crippen molar-refractivity contribution in [3.63, 3.8) is 0 Å². The molecule has 5 nitrogen and oxygen atoms in total. The molecule has 0 aromatic carbocycles. The number of hydrogen-bond acceptors (Lipinski definition) is 3. The lowest BCUT2D eigenvalue weighted by molar-refractivity contribution is 0.251. The summed E-state index contributed by atoms with van der Waals surface area (Å²) < 4.78 is 4.92. The second-order valence-corrected chi connectivity index (χ2v) is 3.87. The zero-order valence-electron chi connectivity index (χ0n) is 9.19.